The quantitative estimate of drug-likeness (QED) is 0.500. The Morgan fingerprint density at radius 1 is 1.25 bits per heavy atom. The van der Waals surface area contributed by atoms with Crippen molar-refractivity contribution in [3.8, 4) is 5.75 Å². The van der Waals surface area contributed by atoms with E-state index < -0.39 is 5.97 Å². The van der Waals surface area contributed by atoms with Crippen LogP contribution in [0.1, 0.15) is 59.3 Å². The molecule has 4 rings (SSSR count). The first kappa shape index (κ1) is 22.4. The Balaban J connectivity index is 1.67. The molecular formula is C26H32N2O4. The van der Waals surface area contributed by atoms with E-state index in [1.54, 1.807) is 19.2 Å². The third kappa shape index (κ3) is 4.52. The predicted octanol–water partition coefficient (Wildman–Crippen LogP) is 5.32. The van der Waals surface area contributed by atoms with Crippen LogP contribution in [-0.4, -0.2) is 47.3 Å². The summed E-state index contributed by atoms with van der Waals surface area (Å²) < 4.78 is 11.9. The van der Waals surface area contributed by atoms with E-state index in [2.05, 4.69) is 35.9 Å². The molecule has 0 radical (unpaired) electrons. The summed E-state index contributed by atoms with van der Waals surface area (Å²) in [7, 11) is 1.73. The third-order valence-electron chi connectivity index (χ3n) is 6.46. The first-order valence-corrected chi connectivity index (χ1v) is 11.3. The number of benzene rings is 2. The Kier molecular flexibility index (Phi) is 6.82. The number of hydrogen-bond donors (Lipinski definition) is 2. The van der Waals surface area contributed by atoms with E-state index in [9.17, 15) is 9.90 Å². The van der Waals surface area contributed by atoms with Crippen LogP contribution in [0.2, 0.25) is 0 Å². The second-order valence-electron chi connectivity index (χ2n) is 8.57. The lowest BCUT2D eigenvalue weighted by Gasteiger charge is -2.40. The summed E-state index contributed by atoms with van der Waals surface area (Å²) in [5.41, 5.74) is 4.91. The van der Waals surface area contributed by atoms with E-state index in [0.717, 1.165) is 61.4 Å². The fraction of sp³-hybridized carbons (Fsp3) is 0.423. The summed E-state index contributed by atoms with van der Waals surface area (Å²) in [5.74, 6) is -0.000575. The van der Waals surface area contributed by atoms with Gasteiger partial charge in [0.15, 0.2) is 0 Å². The number of aromatic amines is 1. The van der Waals surface area contributed by atoms with Gasteiger partial charge in [-0.2, -0.15) is 0 Å². The number of carboxylic acids is 1. The number of aryl methyl sites for hydroxylation is 1. The molecule has 0 unspecified atom stereocenters. The molecule has 2 aromatic carbocycles. The van der Waals surface area contributed by atoms with Gasteiger partial charge in [-0.25, -0.2) is 4.79 Å². The molecule has 1 aromatic heterocycles. The molecule has 3 aromatic rings. The van der Waals surface area contributed by atoms with Crippen LogP contribution in [0.25, 0.3) is 10.9 Å². The molecule has 1 aliphatic heterocycles. The molecule has 0 amide bonds. The van der Waals surface area contributed by atoms with Gasteiger partial charge in [-0.1, -0.05) is 19.1 Å². The van der Waals surface area contributed by atoms with Crippen molar-refractivity contribution in [1.82, 2.24) is 9.88 Å². The van der Waals surface area contributed by atoms with Crippen molar-refractivity contribution in [2.75, 3.05) is 20.3 Å². The van der Waals surface area contributed by atoms with Gasteiger partial charge in [0.05, 0.1) is 18.8 Å². The van der Waals surface area contributed by atoms with Gasteiger partial charge in [0.2, 0.25) is 0 Å². The average molecular weight is 437 g/mol. The minimum atomic E-state index is -0.902. The van der Waals surface area contributed by atoms with Crippen molar-refractivity contribution in [2.45, 2.75) is 51.8 Å². The van der Waals surface area contributed by atoms with Gasteiger partial charge in [-0.15, -0.1) is 0 Å². The number of carbonyl (C=O) groups is 1. The maximum atomic E-state index is 11.3. The highest BCUT2D eigenvalue weighted by atomic mass is 16.5. The molecule has 170 valence electrons. The van der Waals surface area contributed by atoms with Crippen LogP contribution in [0.3, 0.4) is 0 Å². The second-order valence-corrected chi connectivity index (χ2v) is 8.57. The Hall–Kier alpha value is -2.83. The first-order chi connectivity index (χ1) is 15.5. The Morgan fingerprint density at radius 2 is 2.03 bits per heavy atom. The zero-order valence-corrected chi connectivity index (χ0v) is 19.1. The number of ether oxygens (including phenoxy) is 2. The lowest BCUT2D eigenvalue weighted by Crippen LogP contribution is -2.39. The van der Waals surface area contributed by atoms with Gasteiger partial charge in [-0.3, -0.25) is 4.90 Å². The van der Waals surface area contributed by atoms with Gasteiger partial charge >= 0.3 is 5.97 Å². The summed E-state index contributed by atoms with van der Waals surface area (Å²) in [6, 6.07) is 11.7. The van der Waals surface area contributed by atoms with Crippen LogP contribution < -0.4 is 4.74 Å². The van der Waals surface area contributed by atoms with Crippen molar-refractivity contribution in [1.29, 1.82) is 0 Å². The van der Waals surface area contributed by atoms with E-state index >= 15 is 0 Å². The molecule has 2 N–H and O–H groups in total. The van der Waals surface area contributed by atoms with Crippen LogP contribution in [-0.2, 0) is 11.3 Å². The molecule has 1 saturated heterocycles. The molecule has 1 aliphatic rings. The summed E-state index contributed by atoms with van der Waals surface area (Å²) in [5, 5.41) is 10.5. The molecule has 0 aliphatic carbocycles. The number of nitrogens with zero attached hydrogens (tertiary/aromatic N) is 1. The zero-order chi connectivity index (χ0) is 22.7. The second kappa shape index (κ2) is 9.76. The summed E-state index contributed by atoms with van der Waals surface area (Å²) in [6.45, 7) is 6.65. The smallest absolute Gasteiger partial charge is 0.335 e. The number of rotatable bonds is 8. The van der Waals surface area contributed by atoms with Gasteiger partial charge in [0.25, 0.3) is 0 Å². The molecular weight excluding hydrogens is 404 g/mol. The molecule has 0 saturated carbocycles. The number of H-pyrrole nitrogens is 1. The van der Waals surface area contributed by atoms with Gasteiger partial charge in [-0.05, 0) is 61.6 Å². The minimum absolute atomic E-state index is 0.147. The topological polar surface area (TPSA) is 74.8 Å². The van der Waals surface area contributed by atoms with E-state index in [4.69, 9.17) is 9.47 Å². The van der Waals surface area contributed by atoms with Gasteiger partial charge in [0.1, 0.15) is 5.75 Å². The Morgan fingerprint density at radius 3 is 2.72 bits per heavy atom. The van der Waals surface area contributed by atoms with Crippen LogP contribution >= 0.6 is 0 Å². The van der Waals surface area contributed by atoms with Gasteiger partial charge < -0.3 is 19.6 Å². The molecule has 0 bridgehead atoms. The van der Waals surface area contributed by atoms with Crippen LogP contribution in [0.15, 0.2) is 42.6 Å². The van der Waals surface area contributed by atoms with Crippen molar-refractivity contribution in [2.24, 2.45) is 0 Å². The minimum Gasteiger partial charge on any atom is -0.496 e. The SMILES string of the molecule is CCCO[C@H]1CCN(Cc2c(OC)cc(C)c3[nH]ccc23)[C@H](c2ccc(C(=O)O)cc2)C1. The molecule has 1 fully saturated rings. The maximum Gasteiger partial charge on any atom is 0.335 e. The molecule has 6 nitrogen and oxygen atoms in total. The monoisotopic (exact) mass is 436 g/mol. The number of methoxy groups -OCH3 is 1. The van der Waals surface area contributed by atoms with Crippen molar-refractivity contribution < 1.29 is 19.4 Å². The van der Waals surface area contributed by atoms with Crippen molar-refractivity contribution >= 4 is 16.9 Å². The number of aromatic nitrogens is 1. The predicted molar refractivity (Wildman–Crippen MR) is 125 cm³/mol. The first-order valence-electron chi connectivity index (χ1n) is 11.3. The molecule has 2 atom stereocenters. The fourth-order valence-electron chi connectivity index (χ4n) is 4.79. The van der Waals surface area contributed by atoms with Crippen molar-refractivity contribution in [3.63, 3.8) is 0 Å². The zero-order valence-electron chi connectivity index (χ0n) is 19.1. The molecule has 32 heavy (non-hydrogen) atoms. The van der Waals surface area contributed by atoms with E-state index in [0.29, 0.717) is 5.56 Å². The van der Waals surface area contributed by atoms with E-state index in [1.807, 2.05) is 18.3 Å². The van der Waals surface area contributed by atoms with Crippen LogP contribution in [0.5, 0.6) is 5.75 Å². The van der Waals surface area contributed by atoms with E-state index in [1.165, 1.54) is 10.9 Å². The van der Waals surface area contributed by atoms with Crippen molar-refractivity contribution in [3.05, 3.63) is 64.8 Å². The summed E-state index contributed by atoms with van der Waals surface area (Å²) in [6.07, 6.45) is 5.06. The molecule has 0 spiro atoms. The number of aromatic carboxylic acids is 1. The fourth-order valence-corrected chi connectivity index (χ4v) is 4.79. The lowest BCUT2D eigenvalue weighted by molar-refractivity contribution is -0.0187. The van der Waals surface area contributed by atoms with E-state index in [-0.39, 0.29) is 12.1 Å². The van der Waals surface area contributed by atoms with Gasteiger partial charge in [0, 0.05) is 48.4 Å². The Labute approximate surface area is 189 Å². The molecule has 2 heterocycles. The standard InChI is InChI=1S/C26H32N2O4/c1-4-13-32-20-10-12-28(23(15-20)18-5-7-19(8-6-18)26(29)30)16-22-21-9-11-27-25(21)17(2)14-24(22)31-3/h5-9,11,14,20,23,27H,4,10,12-13,15-16H2,1-3H3,(H,29,30)/t20-,23-/m0/s1. The number of hydrogen-bond acceptors (Lipinski definition) is 4. The maximum absolute atomic E-state index is 11.3. The largest absolute Gasteiger partial charge is 0.496 e. The number of piperidine rings is 1. The lowest BCUT2D eigenvalue weighted by atomic mass is 9.91. The highest BCUT2D eigenvalue weighted by molar-refractivity contribution is 5.88. The number of carboxylic acid groups (broad SMARTS) is 1. The number of fused-ring (bicyclic) bond motifs is 1. The third-order valence-corrected chi connectivity index (χ3v) is 6.46. The number of nitrogens with one attached hydrogen (secondary N) is 1. The molecule has 6 heteroatoms. The summed E-state index contributed by atoms with van der Waals surface area (Å²) in [4.78, 5) is 17.1. The highest BCUT2D eigenvalue weighted by Crippen LogP contribution is 2.38. The Bertz CT molecular complexity index is 1070. The van der Waals surface area contributed by atoms with Crippen LogP contribution in [0, 0.1) is 6.92 Å². The number of likely N-dealkylation sites (tertiary alicyclic amines) is 1. The normalized spacial score (nSPS) is 19.3. The van der Waals surface area contributed by atoms with Crippen LogP contribution in [0.4, 0.5) is 0 Å². The average Bonchev–Trinajstić information content (AvgIpc) is 3.30. The highest BCUT2D eigenvalue weighted by Gasteiger charge is 2.31. The summed E-state index contributed by atoms with van der Waals surface area (Å²) >= 11 is 0.